The fourth-order valence-corrected chi connectivity index (χ4v) is 6.42. The van der Waals surface area contributed by atoms with Gasteiger partial charge >= 0.3 is 12.1 Å². The molecule has 7 atom stereocenters. The largest absolute Gasteiger partial charge is 0.856 e. The van der Waals surface area contributed by atoms with E-state index in [1.807, 2.05) is 0 Å². The number of amides is 1. The number of carbonyl (C=O) groups excluding carboxylic acids is 3. The maximum atomic E-state index is 12.3. The van der Waals surface area contributed by atoms with E-state index in [0.717, 1.165) is 19.3 Å². The predicted molar refractivity (Wildman–Crippen MR) is 86.5 cm³/mol. The van der Waals surface area contributed by atoms with Crippen LogP contribution in [-0.2, 0) is 19.1 Å². The van der Waals surface area contributed by atoms with E-state index in [4.69, 9.17) is 4.74 Å². The summed E-state index contributed by atoms with van der Waals surface area (Å²) < 4.78 is 42.4. The number of Topliss-reactive ketones (excluding diaryl/α,β-unsaturated/α-hetero) is 1. The van der Waals surface area contributed by atoms with Gasteiger partial charge < -0.3 is 9.84 Å². The van der Waals surface area contributed by atoms with Gasteiger partial charge in [-0.25, -0.2) is 9.79 Å². The van der Waals surface area contributed by atoms with Crippen molar-refractivity contribution in [2.24, 2.45) is 40.0 Å². The summed E-state index contributed by atoms with van der Waals surface area (Å²) in [5.74, 6) is -5.54. The molecule has 0 radical (unpaired) electrons. The van der Waals surface area contributed by atoms with Crippen LogP contribution in [0.4, 0.5) is 13.2 Å². The van der Waals surface area contributed by atoms with Crippen LogP contribution < -0.4 is 5.11 Å². The molecule has 4 aliphatic rings. The van der Waals surface area contributed by atoms with Gasteiger partial charge in [0, 0.05) is 29.7 Å². The molecule has 1 amide bonds. The predicted octanol–water partition coefficient (Wildman–Crippen LogP) is 1.57. The van der Waals surface area contributed by atoms with Crippen LogP contribution in [0.25, 0.3) is 0 Å². The average Bonchev–Trinajstić information content (AvgIpc) is 3.06. The van der Waals surface area contributed by atoms with Crippen LogP contribution in [0.15, 0.2) is 17.1 Å². The summed E-state index contributed by atoms with van der Waals surface area (Å²) in [7, 11) is 0. The second-order valence-corrected chi connectivity index (χ2v) is 8.53. The van der Waals surface area contributed by atoms with E-state index in [1.165, 1.54) is 0 Å². The smallest absolute Gasteiger partial charge is 0.455 e. The molecule has 0 aromatic heterocycles. The van der Waals surface area contributed by atoms with E-state index in [9.17, 15) is 32.7 Å². The summed E-state index contributed by atoms with van der Waals surface area (Å²) in [5.41, 5.74) is 0.320. The second-order valence-electron chi connectivity index (χ2n) is 8.53. The van der Waals surface area contributed by atoms with Gasteiger partial charge in [0.2, 0.25) is 5.91 Å². The Morgan fingerprint density at radius 1 is 1.29 bits per heavy atom. The monoisotopic (exact) mass is 398 g/mol. The molecule has 9 heteroatoms. The van der Waals surface area contributed by atoms with Gasteiger partial charge in [0.15, 0.2) is 0 Å². The zero-order valence-electron chi connectivity index (χ0n) is 15.1. The number of esters is 1. The second kappa shape index (κ2) is 5.90. The number of hydrogen-bond donors (Lipinski definition) is 0. The molecule has 6 nitrogen and oxygen atoms in total. The Balaban J connectivity index is 1.48. The van der Waals surface area contributed by atoms with Crippen molar-refractivity contribution in [3.8, 4) is 0 Å². The Bertz CT molecular complexity index is 819. The van der Waals surface area contributed by atoms with Gasteiger partial charge in [0.1, 0.15) is 6.10 Å². The lowest BCUT2D eigenvalue weighted by Crippen LogP contribution is -2.71. The van der Waals surface area contributed by atoms with Crippen LogP contribution in [0.1, 0.15) is 32.6 Å². The molecular weight excluding hydrogens is 379 g/mol. The van der Waals surface area contributed by atoms with Crippen LogP contribution in [-0.4, -0.2) is 35.8 Å². The standard InChI is InChI=1S/C19H20F3NO5/c1-7(2)17(27)28-14-11-4-9-3-8-6-18(9,11)13(14)10(8)5-12(24)23-16(26)15(25)19(20,21)22/h8-11,13-14H,1,3-6H2,2H3,(H,23,24,26)/p-1. The number of carbonyl (C=O) groups is 3. The van der Waals surface area contributed by atoms with Crippen LogP contribution in [0.3, 0.4) is 0 Å². The molecule has 4 fully saturated rings. The summed E-state index contributed by atoms with van der Waals surface area (Å²) >= 11 is 0. The minimum Gasteiger partial charge on any atom is -0.856 e. The number of nitrogens with zero attached hydrogens (tertiary/aromatic N) is 1. The summed E-state index contributed by atoms with van der Waals surface area (Å²) in [6, 6.07) is 0. The van der Waals surface area contributed by atoms with E-state index in [-0.39, 0.29) is 47.2 Å². The molecule has 4 saturated carbocycles. The number of halogens is 3. The van der Waals surface area contributed by atoms with Crippen LogP contribution >= 0.6 is 0 Å². The number of ether oxygens (including phenoxy) is 1. The molecular formula is C19H19F3NO5-. The third kappa shape index (κ3) is 2.47. The number of alkyl halides is 3. The summed E-state index contributed by atoms with van der Waals surface area (Å²) in [5, 5.41) is 11.3. The van der Waals surface area contributed by atoms with Crippen molar-refractivity contribution in [1.82, 2.24) is 0 Å². The Kier molecular flexibility index (Phi) is 4.04. The summed E-state index contributed by atoms with van der Waals surface area (Å²) in [4.78, 5) is 37.8. The maximum Gasteiger partial charge on any atom is 0.455 e. The average molecular weight is 398 g/mol. The number of rotatable bonds is 5. The minimum absolute atomic E-state index is 0.0431. The lowest BCUT2D eigenvalue weighted by molar-refractivity contribution is -0.278. The molecule has 0 aromatic rings. The molecule has 0 aromatic carbocycles. The number of aliphatic imine (C=N–C) groups is 1. The van der Waals surface area contributed by atoms with Crippen molar-refractivity contribution in [3.05, 3.63) is 12.2 Å². The molecule has 4 aliphatic carbocycles. The van der Waals surface area contributed by atoms with Crippen LogP contribution in [0, 0.1) is 35.0 Å². The van der Waals surface area contributed by atoms with Gasteiger partial charge in [-0.05, 0) is 49.4 Å². The topological polar surface area (TPSA) is 95.9 Å². The molecule has 1 spiro atoms. The number of fused-ring (bicyclic) bond motifs is 1. The molecule has 0 saturated heterocycles. The quantitative estimate of drug-likeness (QED) is 0.303. The Hall–Kier alpha value is -2.19. The molecule has 152 valence electrons. The fourth-order valence-electron chi connectivity index (χ4n) is 6.42. The highest BCUT2D eigenvalue weighted by molar-refractivity contribution is 6.38. The van der Waals surface area contributed by atoms with Gasteiger partial charge in [-0.3, -0.25) is 9.59 Å². The first-order chi connectivity index (χ1) is 13.0. The first-order valence-electron chi connectivity index (χ1n) is 9.23. The zero-order chi connectivity index (χ0) is 20.6. The van der Waals surface area contributed by atoms with Crippen LogP contribution in [0.2, 0.25) is 0 Å². The first-order valence-corrected chi connectivity index (χ1v) is 9.23. The highest BCUT2D eigenvalue weighted by atomic mass is 19.4. The first kappa shape index (κ1) is 19.1. The van der Waals surface area contributed by atoms with Gasteiger partial charge in [-0.2, -0.15) is 13.2 Å². The lowest BCUT2D eigenvalue weighted by atomic mass is 9.35. The third-order valence-electron chi connectivity index (χ3n) is 7.31. The van der Waals surface area contributed by atoms with Crippen molar-refractivity contribution in [3.63, 3.8) is 0 Å². The Morgan fingerprint density at radius 2 is 1.96 bits per heavy atom. The Morgan fingerprint density at radius 3 is 2.57 bits per heavy atom. The highest BCUT2D eigenvalue weighted by Gasteiger charge is 2.81. The van der Waals surface area contributed by atoms with E-state index >= 15 is 0 Å². The number of hydrogen-bond acceptors (Lipinski definition) is 5. The van der Waals surface area contributed by atoms with Gasteiger partial charge in [0.25, 0.3) is 5.78 Å². The van der Waals surface area contributed by atoms with Gasteiger partial charge in [-0.15, -0.1) is 0 Å². The van der Waals surface area contributed by atoms with Crippen molar-refractivity contribution < 1.29 is 37.4 Å². The maximum absolute atomic E-state index is 12.3. The third-order valence-corrected chi connectivity index (χ3v) is 7.31. The Labute approximate surface area is 158 Å². The fraction of sp³-hybridized carbons (Fsp3) is 0.684. The van der Waals surface area contributed by atoms with Crippen molar-refractivity contribution >= 4 is 23.6 Å². The lowest BCUT2D eigenvalue weighted by Gasteiger charge is -2.70. The van der Waals surface area contributed by atoms with Gasteiger partial charge in [0.05, 0.1) is 0 Å². The minimum atomic E-state index is -5.35. The summed E-state index contributed by atoms with van der Waals surface area (Å²) in [6.07, 6.45) is -3.09. The normalized spacial score (nSPS) is 40.2. The molecule has 7 unspecified atom stereocenters. The van der Waals surface area contributed by atoms with E-state index in [1.54, 1.807) is 6.92 Å². The molecule has 0 heterocycles. The van der Waals surface area contributed by atoms with Crippen LogP contribution in [0.5, 0.6) is 0 Å². The zero-order valence-corrected chi connectivity index (χ0v) is 15.1. The highest BCUT2D eigenvalue weighted by Crippen LogP contribution is 2.83. The molecule has 0 N–H and O–H groups in total. The summed E-state index contributed by atoms with van der Waals surface area (Å²) in [6.45, 7) is 5.11. The molecule has 4 rings (SSSR count). The van der Waals surface area contributed by atoms with Gasteiger partial charge in [-0.1, -0.05) is 6.58 Å². The van der Waals surface area contributed by atoms with Crippen molar-refractivity contribution in [2.75, 3.05) is 0 Å². The SMILES string of the molecule is C=C(C)C(=O)OC1C2CC3CC4CC32C1C4CC(=O)N=C([O-])C(=O)C(F)(F)F. The molecule has 28 heavy (non-hydrogen) atoms. The van der Waals surface area contributed by atoms with Crippen molar-refractivity contribution in [1.29, 1.82) is 0 Å². The van der Waals surface area contributed by atoms with E-state index in [0.29, 0.717) is 5.92 Å². The number of ketones is 1. The van der Waals surface area contributed by atoms with E-state index in [2.05, 4.69) is 11.6 Å². The molecule has 0 aliphatic heterocycles. The van der Waals surface area contributed by atoms with E-state index < -0.39 is 29.7 Å². The molecule has 2 bridgehead atoms. The van der Waals surface area contributed by atoms with Crippen molar-refractivity contribution in [2.45, 2.75) is 44.9 Å².